The van der Waals surface area contributed by atoms with Gasteiger partial charge in [0, 0.05) is 5.69 Å². The molecule has 116 valence electrons. The lowest BCUT2D eigenvalue weighted by Gasteiger charge is -2.17. The Balaban J connectivity index is 1.99. The van der Waals surface area contributed by atoms with Crippen molar-refractivity contribution in [1.82, 2.24) is 0 Å². The summed E-state index contributed by atoms with van der Waals surface area (Å²) in [5.41, 5.74) is 1.95. The van der Waals surface area contributed by atoms with Crippen LogP contribution in [0.1, 0.15) is 25.8 Å². The first-order chi connectivity index (χ1) is 10.6. The van der Waals surface area contributed by atoms with Gasteiger partial charge in [-0.1, -0.05) is 26.0 Å². The van der Waals surface area contributed by atoms with E-state index < -0.39 is 6.10 Å². The van der Waals surface area contributed by atoms with E-state index in [1.54, 1.807) is 0 Å². The first kappa shape index (κ1) is 16.0. The molecule has 1 unspecified atom stereocenters. The number of halogens is 1. The fraction of sp³-hybridized carbons (Fsp3) is 0.278. The van der Waals surface area contributed by atoms with Crippen molar-refractivity contribution >= 4 is 11.6 Å². The molecule has 0 fully saturated rings. The normalized spacial score (nSPS) is 11.8. The SMILES string of the molecule is CCc1ccc(NC(=O)C(CC)Oc2ccc(F)cc2)cc1. The lowest BCUT2D eigenvalue weighted by molar-refractivity contribution is -0.122. The minimum atomic E-state index is -0.615. The van der Waals surface area contributed by atoms with Crippen molar-refractivity contribution in [3.63, 3.8) is 0 Å². The van der Waals surface area contributed by atoms with Crippen LogP contribution in [0.3, 0.4) is 0 Å². The molecule has 22 heavy (non-hydrogen) atoms. The van der Waals surface area contributed by atoms with Crippen LogP contribution in [0.5, 0.6) is 5.75 Å². The predicted molar refractivity (Wildman–Crippen MR) is 85.6 cm³/mol. The third-order valence-electron chi connectivity index (χ3n) is 3.38. The lowest BCUT2D eigenvalue weighted by Crippen LogP contribution is -2.32. The minimum Gasteiger partial charge on any atom is -0.481 e. The number of benzene rings is 2. The molecule has 0 saturated heterocycles. The first-order valence-corrected chi connectivity index (χ1v) is 7.44. The number of ether oxygens (including phenoxy) is 1. The molecule has 0 bridgehead atoms. The second-order valence-electron chi connectivity index (χ2n) is 5.01. The zero-order chi connectivity index (χ0) is 15.9. The monoisotopic (exact) mass is 301 g/mol. The van der Waals surface area contributed by atoms with Crippen LogP contribution >= 0.6 is 0 Å². The molecule has 0 aliphatic carbocycles. The highest BCUT2D eigenvalue weighted by Crippen LogP contribution is 2.16. The number of aryl methyl sites for hydroxylation is 1. The average Bonchev–Trinajstić information content (AvgIpc) is 2.55. The lowest BCUT2D eigenvalue weighted by atomic mass is 10.1. The van der Waals surface area contributed by atoms with Gasteiger partial charge < -0.3 is 10.1 Å². The van der Waals surface area contributed by atoms with E-state index in [0.29, 0.717) is 12.2 Å². The molecule has 0 radical (unpaired) electrons. The van der Waals surface area contributed by atoms with E-state index in [2.05, 4.69) is 12.2 Å². The minimum absolute atomic E-state index is 0.212. The molecule has 0 aliphatic rings. The summed E-state index contributed by atoms with van der Waals surface area (Å²) >= 11 is 0. The summed E-state index contributed by atoms with van der Waals surface area (Å²) in [7, 11) is 0. The number of hydrogen-bond acceptors (Lipinski definition) is 2. The van der Waals surface area contributed by atoms with Crippen molar-refractivity contribution in [3.8, 4) is 5.75 Å². The molecule has 2 aromatic rings. The number of amides is 1. The van der Waals surface area contributed by atoms with Crippen LogP contribution in [0.2, 0.25) is 0 Å². The largest absolute Gasteiger partial charge is 0.481 e. The third kappa shape index (κ3) is 4.32. The van der Waals surface area contributed by atoms with Gasteiger partial charge in [0.15, 0.2) is 6.10 Å². The molecule has 2 aromatic carbocycles. The van der Waals surface area contributed by atoms with E-state index >= 15 is 0 Å². The van der Waals surface area contributed by atoms with Gasteiger partial charge in [0.25, 0.3) is 5.91 Å². The number of anilines is 1. The van der Waals surface area contributed by atoms with E-state index in [0.717, 1.165) is 12.1 Å². The Bertz CT molecular complexity index is 608. The van der Waals surface area contributed by atoms with Gasteiger partial charge in [-0.15, -0.1) is 0 Å². The van der Waals surface area contributed by atoms with Crippen molar-refractivity contribution in [2.24, 2.45) is 0 Å². The van der Waals surface area contributed by atoms with E-state index in [9.17, 15) is 9.18 Å². The molecule has 4 heteroatoms. The summed E-state index contributed by atoms with van der Waals surface area (Å²) in [6.07, 6.45) is 0.867. The van der Waals surface area contributed by atoms with E-state index in [1.165, 1.54) is 29.8 Å². The van der Waals surface area contributed by atoms with Gasteiger partial charge in [-0.3, -0.25) is 4.79 Å². The number of carbonyl (C=O) groups excluding carboxylic acids is 1. The van der Waals surface area contributed by atoms with Crippen LogP contribution < -0.4 is 10.1 Å². The highest BCUT2D eigenvalue weighted by molar-refractivity contribution is 5.94. The summed E-state index contributed by atoms with van der Waals surface area (Å²) < 4.78 is 18.5. The Hall–Kier alpha value is -2.36. The van der Waals surface area contributed by atoms with Crippen LogP contribution in [0.4, 0.5) is 10.1 Å². The van der Waals surface area contributed by atoms with E-state index in [4.69, 9.17) is 4.74 Å². The predicted octanol–water partition coefficient (Wildman–Crippen LogP) is 4.18. The van der Waals surface area contributed by atoms with E-state index in [-0.39, 0.29) is 11.7 Å². The van der Waals surface area contributed by atoms with Crippen LogP contribution in [0.15, 0.2) is 48.5 Å². The summed E-state index contributed by atoms with van der Waals surface area (Å²) in [6, 6.07) is 13.4. The second-order valence-corrected chi connectivity index (χ2v) is 5.01. The average molecular weight is 301 g/mol. The van der Waals surface area contributed by atoms with E-state index in [1.807, 2.05) is 31.2 Å². The van der Waals surface area contributed by atoms with Gasteiger partial charge in [0.1, 0.15) is 11.6 Å². The summed E-state index contributed by atoms with van der Waals surface area (Å²) in [5.74, 6) is -0.0679. The first-order valence-electron chi connectivity index (χ1n) is 7.44. The Morgan fingerprint density at radius 2 is 1.73 bits per heavy atom. The van der Waals surface area contributed by atoms with Gasteiger partial charge in [-0.2, -0.15) is 0 Å². The molecule has 0 aromatic heterocycles. The van der Waals surface area contributed by atoms with Gasteiger partial charge in [-0.25, -0.2) is 4.39 Å². The molecule has 0 heterocycles. The molecule has 2 rings (SSSR count). The Kier molecular flexibility index (Phi) is 5.53. The summed E-state index contributed by atoms with van der Waals surface area (Å²) in [5, 5.41) is 2.84. The molecular weight excluding hydrogens is 281 g/mol. The standard InChI is InChI=1S/C18H20FNO2/c1-3-13-5-9-15(10-6-13)20-18(21)17(4-2)22-16-11-7-14(19)8-12-16/h5-12,17H,3-4H2,1-2H3,(H,20,21). The van der Waals surface area contributed by atoms with Crippen LogP contribution in [-0.2, 0) is 11.2 Å². The third-order valence-corrected chi connectivity index (χ3v) is 3.38. The molecule has 0 spiro atoms. The fourth-order valence-corrected chi connectivity index (χ4v) is 2.05. The van der Waals surface area contributed by atoms with Crippen LogP contribution in [0.25, 0.3) is 0 Å². The smallest absolute Gasteiger partial charge is 0.265 e. The quantitative estimate of drug-likeness (QED) is 0.869. The fourth-order valence-electron chi connectivity index (χ4n) is 2.05. The number of nitrogens with one attached hydrogen (secondary N) is 1. The Morgan fingerprint density at radius 1 is 1.09 bits per heavy atom. The van der Waals surface area contributed by atoms with Crippen LogP contribution in [0, 0.1) is 5.82 Å². The number of rotatable bonds is 6. The van der Waals surface area contributed by atoms with Crippen molar-refractivity contribution in [1.29, 1.82) is 0 Å². The van der Waals surface area contributed by atoms with Crippen molar-refractivity contribution in [2.45, 2.75) is 32.8 Å². The van der Waals surface area contributed by atoms with Crippen molar-refractivity contribution in [2.75, 3.05) is 5.32 Å². The number of carbonyl (C=O) groups is 1. The molecule has 3 nitrogen and oxygen atoms in total. The molecule has 1 amide bonds. The molecule has 1 N–H and O–H groups in total. The van der Waals surface area contributed by atoms with Gasteiger partial charge in [0.2, 0.25) is 0 Å². The molecular formula is C18H20FNO2. The maximum absolute atomic E-state index is 12.9. The zero-order valence-corrected chi connectivity index (χ0v) is 12.8. The maximum atomic E-state index is 12.9. The summed E-state index contributed by atoms with van der Waals surface area (Å²) in [4.78, 5) is 12.3. The van der Waals surface area contributed by atoms with Gasteiger partial charge >= 0.3 is 0 Å². The number of hydrogen-bond donors (Lipinski definition) is 1. The van der Waals surface area contributed by atoms with Crippen LogP contribution in [-0.4, -0.2) is 12.0 Å². The molecule has 0 saturated carbocycles. The van der Waals surface area contributed by atoms with Gasteiger partial charge in [-0.05, 0) is 54.8 Å². The maximum Gasteiger partial charge on any atom is 0.265 e. The highest BCUT2D eigenvalue weighted by atomic mass is 19.1. The van der Waals surface area contributed by atoms with Gasteiger partial charge in [0.05, 0.1) is 0 Å². The molecule has 1 atom stereocenters. The second kappa shape index (κ2) is 7.59. The summed E-state index contributed by atoms with van der Waals surface area (Å²) in [6.45, 7) is 3.95. The molecule has 0 aliphatic heterocycles. The highest BCUT2D eigenvalue weighted by Gasteiger charge is 2.18. The zero-order valence-electron chi connectivity index (χ0n) is 12.8. The Morgan fingerprint density at radius 3 is 2.27 bits per heavy atom. The van der Waals surface area contributed by atoms with Crippen molar-refractivity contribution in [3.05, 3.63) is 59.9 Å². The van der Waals surface area contributed by atoms with Crippen molar-refractivity contribution < 1.29 is 13.9 Å². The topological polar surface area (TPSA) is 38.3 Å². The Labute approximate surface area is 130 Å².